The summed E-state index contributed by atoms with van der Waals surface area (Å²) in [6.07, 6.45) is -0.271. The van der Waals surface area contributed by atoms with Crippen LogP contribution in [0.5, 0.6) is 0 Å². The van der Waals surface area contributed by atoms with Crippen LogP contribution in [-0.4, -0.2) is 40.4 Å². The Kier molecular flexibility index (Phi) is 4.88. The molecular formula is C16H15BF2N2O5. The number of fused-ring (bicyclic) bond motifs is 1. The Bertz CT molecular complexity index is 853. The first kappa shape index (κ1) is 18.2. The van der Waals surface area contributed by atoms with Crippen LogP contribution in [0.2, 0.25) is 0 Å². The lowest BCUT2D eigenvalue weighted by Gasteiger charge is -2.20. The predicted molar refractivity (Wildman–Crippen MR) is 86.3 cm³/mol. The summed E-state index contributed by atoms with van der Waals surface area (Å²) < 4.78 is 32.2. The highest BCUT2D eigenvalue weighted by Gasteiger charge is 2.37. The molecule has 3 N–H and O–H groups in total. The van der Waals surface area contributed by atoms with Crippen molar-refractivity contribution in [2.45, 2.75) is 31.7 Å². The Morgan fingerprint density at radius 1 is 1.42 bits per heavy atom. The largest absolute Gasteiger partial charge is 0.489 e. The predicted octanol–water partition coefficient (Wildman–Crippen LogP) is 0.221. The Hall–Kier alpha value is -2.59. The number of nitrogens with one attached hydrogen (secondary N) is 1. The fourth-order valence-corrected chi connectivity index (χ4v) is 2.88. The fourth-order valence-electron chi connectivity index (χ4n) is 2.88. The molecule has 1 aliphatic rings. The summed E-state index contributed by atoms with van der Waals surface area (Å²) in [6, 6.07) is 3.79. The summed E-state index contributed by atoms with van der Waals surface area (Å²) in [5, 5.41) is 24.6. The van der Waals surface area contributed by atoms with Gasteiger partial charge in [0, 0.05) is 36.0 Å². The molecule has 0 fully saturated rings. The van der Waals surface area contributed by atoms with Crippen molar-refractivity contribution in [2.24, 2.45) is 0 Å². The van der Waals surface area contributed by atoms with Crippen molar-refractivity contribution >= 4 is 24.8 Å². The van der Waals surface area contributed by atoms with Crippen molar-refractivity contribution in [2.75, 3.05) is 0 Å². The number of hydrogen-bond donors (Lipinski definition) is 3. The van der Waals surface area contributed by atoms with Crippen LogP contribution in [-0.2, 0) is 19.4 Å². The van der Waals surface area contributed by atoms with E-state index >= 15 is 0 Å². The van der Waals surface area contributed by atoms with Crippen LogP contribution in [0.1, 0.15) is 44.2 Å². The number of carbonyl (C=O) groups excluding carboxylic acids is 2. The molecule has 1 aliphatic carbocycles. The smallest absolute Gasteiger partial charge is 0.423 e. The van der Waals surface area contributed by atoms with Crippen LogP contribution < -0.4 is 10.8 Å². The number of amides is 1. The van der Waals surface area contributed by atoms with Crippen LogP contribution in [0, 0.1) is 0 Å². The number of aldehydes is 1. The van der Waals surface area contributed by atoms with Gasteiger partial charge in [-0.05, 0) is 17.6 Å². The molecule has 1 heterocycles. The van der Waals surface area contributed by atoms with Crippen LogP contribution in [0.4, 0.5) is 8.78 Å². The van der Waals surface area contributed by atoms with Crippen molar-refractivity contribution in [1.82, 2.24) is 10.5 Å². The second kappa shape index (κ2) is 6.97. The molecule has 26 heavy (non-hydrogen) atoms. The van der Waals surface area contributed by atoms with Crippen LogP contribution in [0.25, 0.3) is 0 Å². The van der Waals surface area contributed by atoms with E-state index in [1.54, 1.807) is 0 Å². The SMILES string of the molecule is O=Cc1cc(C(=O)NCc2noc3c2CC(F)(F)CC3)ccc1B(O)O. The number of hydrogen-bond acceptors (Lipinski definition) is 6. The summed E-state index contributed by atoms with van der Waals surface area (Å²) in [5.74, 6) is -2.98. The van der Waals surface area contributed by atoms with Crippen molar-refractivity contribution in [1.29, 1.82) is 0 Å². The van der Waals surface area contributed by atoms with E-state index in [2.05, 4.69) is 10.5 Å². The molecule has 3 rings (SSSR count). The number of alkyl halides is 2. The molecule has 0 unspecified atom stereocenters. The summed E-state index contributed by atoms with van der Waals surface area (Å²) in [4.78, 5) is 23.3. The molecule has 7 nitrogen and oxygen atoms in total. The second-order valence-electron chi connectivity index (χ2n) is 6.08. The van der Waals surface area contributed by atoms with Gasteiger partial charge < -0.3 is 19.9 Å². The van der Waals surface area contributed by atoms with E-state index in [0.717, 1.165) is 0 Å². The monoisotopic (exact) mass is 364 g/mol. The number of halogens is 2. The zero-order chi connectivity index (χ0) is 18.9. The molecule has 1 aromatic carbocycles. The van der Waals surface area contributed by atoms with Crippen molar-refractivity contribution in [3.63, 3.8) is 0 Å². The highest BCUT2D eigenvalue weighted by atomic mass is 19.3. The minimum atomic E-state index is -2.82. The van der Waals surface area contributed by atoms with Gasteiger partial charge >= 0.3 is 7.12 Å². The fraction of sp³-hybridized carbons (Fsp3) is 0.312. The molecule has 2 aromatic rings. The van der Waals surface area contributed by atoms with Gasteiger partial charge in [-0.15, -0.1) is 0 Å². The molecule has 0 radical (unpaired) electrons. The summed E-state index contributed by atoms with van der Waals surface area (Å²) in [7, 11) is -1.84. The van der Waals surface area contributed by atoms with E-state index in [9.17, 15) is 18.4 Å². The second-order valence-corrected chi connectivity index (χ2v) is 6.08. The normalized spacial score (nSPS) is 15.2. The molecule has 0 atom stereocenters. The van der Waals surface area contributed by atoms with E-state index in [1.807, 2.05) is 0 Å². The van der Waals surface area contributed by atoms with E-state index in [0.29, 0.717) is 17.6 Å². The molecule has 0 saturated carbocycles. The standard InChI is InChI=1S/C16H15BF2N2O5/c18-16(19)4-3-14-11(6-16)13(21-26-14)7-20-15(23)9-1-2-12(17(24)25)10(5-9)8-22/h1-2,5,8,24-25H,3-4,6-7H2,(H,20,23). The van der Waals surface area contributed by atoms with Gasteiger partial charge in [0.05, 0.1) is 6.54 Å². The van der Waals surface area contributed by atoms with Gasteiger partial charge in [-0.2, -0.15) is 0 Å². The topological polar surface area (TPSA) is 113 Å². The lowest BCUT2D eigenvalue weighted by atomic mass is 9.77. The molecule has 0 saturated heterocycles. The van der Waals surface area contributed by atoms with Gasteiger partial charge in [0.15, 0.2) is 0 Å². The Morgan fingerprint density at radius 3 is 2.88 bits per heavy atom. The number of aryl methyl sites for hydroxylation is 1. The minimum absolute atomic E-state index is 0.0237. The molecule has 0 aliphatic heterocycles. The maximum Gasteiger partial charge on any atom is 0.489 e. The lowest BCUT2D eigenvalue weighted by molar-refractivity contribution is -0.0147. The number of benzene rings is 1. The average molecular weight is 364 g/mol. The number of aromatic nitrogens is 1. The highest BCUT2D eigenvalue weighted by Crippen LogP contribution is 2.34. The Morgan fingerprint density at radius 2 is 2.19 bits per heavy atom. The molecule has 10 heteroatoms. The maximum absolute atomic E-state index is 13.6. The highest BCUT2D eigenvalue weighted by molar-refractivity contribution is 6.60. The summed E-state index contributed by atoms with van der Waals surface area (Å²) in [5.41, 5.74) is 0.606. The van der Waals surface area contributed by atoms with Crippen LogP contribution in [0.3, 0.4) is 0 Å². The van der Waals surface area contributed by atoms with Crippen LogP contribution >= 0.6 is 0 Å². The van der Waals surface area contributed by atoms with Crippen molar-refractivity contribution in [3.8, 4) is 0 Å². The number of carbonyl (C=O) groups is 2. The van der Waals surface area contributed by atoms with Gasteiger partial charge in [0.25, 0.3) is 11.8 Å². The number of rotatable bonds is 5. The van der Waals surface area contributed by atoms with Crippen molar-refractivity contribution < 1.29 is 32.9 Å². The number of nitrogens with zero attached hydrogens (tertiary/aromatic N) is 1. The maximum atomic E-state index is 13.6. The molecular weight excluding hydrogens is 349 g/mol. The van der Waals surface area contributed by atoms with E-state index in [1.165, 1.54) is 18.2 Å². The Labute approximate surface area is 147 Å². The van der Waals surface area contributed by atoms with E-state index in [-0.39, 0.29) is 41.7 Å². The minimum Gasteiger partial charge on any atom is -0.423 e. The van der Waals surface area contributed by atoms with E-state index < -0.39 is 25.4 Å². The lowest BCUT2D eigenvalue weighted by Crippen LogP contribution is -2.34. The third kappa shape index (κ3) is 3.66. The van der Waals surface area contributed by atoms with Gasteiger partial charge in [0.1, 0.15) is 17.7 Å². The van der Waals surface area contributed by atoms with Gasteiger partial charge in [-0.3, -0.25) is 9.59 Å². The summed E-state index contributed by atoms with van der Waals surface area (Å²) >= 11 is 0. The molecule has 0 bridgehead atoms. The molecule has 0 spiro atoms. The van der Waals surface area contributed by atoms with Gasteiger partial charge in [-0.25, -0.2) is 8.78 Å². The first-order valence-electron chi connectivity index (χ1n) is 7.88. The molecule has 1 amide bonds. The third-order valence-corrected chi connectivity index (χ3v) is 4.27. The van der Waals surface area contributed by atoms with Gasteiger partial charge in [0.2, 0.25) is 0 Å². The van der Waals surface area contributed by atoms with Crippen LogP contribution in [0.15, 0.2) is 22.7 Å². The average Bonchev–Trinajstić information content (AvgIpc) is 2.99. The quantitative estimate of drug-likeness (QED) is 0.517. The summed E-state index contributed by atoms with van der Waals surface area (Å²) in [6.45, 7) is -0.103. The zero-order valence-corrected chi connectivity index (χ0v) is 13.5. The first-order valence-corrected chi connectivity index (χ1v) is 7.88. The van der Waals surface area contributed by atoms with Crippen molar-refractivity contribution in [3.05, 3.63) is 46.3 Å². The zero-order valence-electron chi connectivity index (χ0n) is 13.5. The molecule has 136 valence electrons. The molecule has 1 aromatic heterocycles. The van der Waals surface area contributed by atoms with E-state index in [4.69, 9.17) is 14.6 Å². The first-order chi connectivity index (χ1) is 12.3. The Balaban J connectivity index is 1.72. The third-order valence-electron chi connectivity index (χ3n) is 4.27. The van der Waals surface area contributed by atoms with Gasteiger partial charge in [-0.1, -0.05) is 11.2 Å².